The molecule has 1 fully saturated rings. The molecule has 6 rings (SSSR count). The van der Waals surface area contributed by atoms with E-state index >= 15 is 0 Å². The largest absolute Gasteiger partial charge is 0.492 e. The molecule has 0 bridgehead atoms. The summed E-state index contributed by atoms with van der Waals surface area (Å²) >= 11 is 3.45. The molecule has 5 heterocycles. The molecule has 0 unspecified atom stereocenters. The molecule has 38 heavy (non-hydrogen) atoms. The molecule has 4 aromatic heterocycles. The Morgan fingerprint density at radius 3 is 2.74 bits per heavy atom. The van der Waals surface area contributed by atoms with E-state index in [9.17, 15) is 0 Å². The van der Waals surface area contributed by atoms with Crippen LogP contribution in [0.4, 0.5) is 11.6 Å². The molecule has 0 aliphatic carbocycles. The van der Waals surface area contributed by atoms with Crippen LogP contribution >= 0.6 is 23.1 Å². The Labute approximate surface area is 229 Å². The van der Waals surface area contributed by atoms with Crippen LogP contribution in [0.3, 0.4) is 0 Å². The van der Waals surface area contributed by atoms with Crippen LogP contribution in [-0.4, -0.2) is 66.3 Å². The van der Waals surface area contributed by atoms with Crippen molar-refractivity contribution in [1.82, 2.24) is 34.3 Å². The lowest BCUT2D eigenvalue weighted by molar-refractivity contribution is 0.238. The molecule has 1 saturated heterocycles. The number of hydrogen-bond donors (Lipinski definition) is 1. The number of likely N-dealkylation sites (tertiary alicyclic amines) is 1. The zero-order valence-electron chi connectivity index (χ0n) is 21.3. The van der Waals surface area contributed by atoms with E-state index in [4.69, 9.17) is 9.84 Å². The number of nitrogens with zero attached hydrogens (tertiary/aromatic N) is 7. The summed E-state index contributed by atoms with van der Waals surface area (Å²) in [6, 6.07) is 13.9. The number of fused-ring (bicyclic) bond motifs is 1. The van der Waals surface area contributed by atoms with Gasteiger partial charge in [-0.25, -0.2) is 9.50 Å². The molecular weight excluding hydrogens is 516 g/mol. The zero-order chi connectivity index (χ0) is 25.7. The van der Waals surface area contributed by atoms with E-state index in [1.807, 2.05) is 64.8 Å². The molecule has 1 aromatic carbocycles. The third kappa shape index (κ3) is 6.01. The van der Waals surface area contributed by atoms with Gasteiger partial charge in [0.2, 0.25) is 5.95 Å². The second-order valence-electron chi connectivity index (χ2n) is 9.26. The minimum absolute atomic E-state index is 0.544. The van der Waals surface area contributed by atoms with Crippen molar-refractivity contribution in [3.8, 4) is 17.0 Å². The van der Waals surface area contributed by atoms with E-state index in [0.717, 1.165) is 57.2 Å². The minimum Gasteiger partial charge on any atom is -0.492 e. The molecule has 0 radical (unpaired) electrons. The lowest BCUT2D eigenvalue weighted by Gasteiger charge is -2.15. The van der Waals surface area contributed by atoms with Crippen LogP contribution in [0.15, 0.2) is 64.6 Å². The van der Waals surface area contributed by atoms with Gasteiger partial charge in [-0.1, -0.05) is 17.8 Å². The maximum atomic E-state index is 5.92. The standard InChI is InChI=1S/C27H30N8OS2/c1-20-19-38-27(29-20)37-16-14-34-18-21(17-28-34)24-5-4-6-25-31-26(32-35(24)25)30-22-7-9-23(10-8-22)36-15-13-33-11-2-3-12-33/h4-10,17-19H,2-3,11-16H2,1H3,(H,30,32). The van der Waals surface area contributed by atoms with Gasteiger partial charge in [0, 0.05) is 40.8 Å². The molecule has 1 N–H and O–H groups in total. The van der Waals surface area contributed by atoms with Crippen molar-refractivity contribution in [2.75, 3.05) is 37.3 Å². The minimum atomic E-state index is 0.544. The molecule has 1 aliphatic rings. The lowest BCUT2D eigenvalue weighted by atomic mass is 10.2. The van der Waals surface area contributed by atoms with Gasteiger partial charge in [0.05, 0.1) is 18.4 Å². The third-order valence-corrected chi connectivity index (χ3v) is 8.54. The van der Waals surface area contributed by atoms with Gasteiger partial charge in [-0.2, -0.15) is 10.1 Å². The average molecular weight is 547 g/mol. The second kappa shape index (κ2) is 11.5. The third-order valence-electron chi connectivity index (χ3n) is 6.42. The summed E-state index contributed by atoms with van der Waals surface area (Å²) in [4.78, 5) is 11.6. The highest BCUT2D eigenvalue weighted by Gasteiger charge is 2.12. The van der Waals surface area contributed by atoms with Crippen molar-refractivity contribution < 1.29 is 4.74 Å². The first-order chi connectivity index (χ1) is 18.7. The van der Waals surface area contributed by atoms with E-state index in [-0.39, 0.29) is 0 Å². The number of aromatic nitrogens is 6. The molecule has 5 aromatic rings. The van der Waals surface area contributed by atoms with Gasteiger partial charge in [0.1, 0.15) is 16.7 Å². The number of ether oxygens (including phenoxy) is 1. The van der Waals surface area contributed by atoms with Crippen LogP contribution in [0.1, 0.15) is 18.5 Å². The van der Waals surface area contributed by atoms with Gasteiger partial charge in [-0.05, 0) is 69.3 Å². The Morgan fingerprint density at radius 2 is 1.92 bits per heavy atom. The Balaban J connectivity index is 1.08. The highest BCUT2D eigenvalue weighted by atomic mass is 32.2. The van der Waals surface area contributed by atoms with Crippen molar-refractivity contribution >= 4 is 40.4 Å². The van der Waals surface area contributed by atoms with Crippen LogP contribution < -0.4 is 10.1 Å². The SMILES string of the molecule is Cc1csc(SCCn2cc(-c3cccc4nc(Nc5ccc(OCCN6CCCC6)cc5)nn34)cn2)n1. The summed E-state index contributed by atoms with van der Waals surface area (Å²) in [6.45, 7) is 6.91. The molecular formula is C27H30N8OS2. The lowest BCUT2D eigenvalue weighted by Crippen LogP contribution is -2.25. The fraction of sp³-hybridized carbons (Fsp3) is 0.333. The number of hydrogen-bond acceptors (Lipinski definition) is 9. The smallest absolute Gasteiger partial charge is 0.247 e. The van der Waals surface area contributed by atoms with Gasteiger partial charge in [0.25, 0.3) is 0 Å². The molecule has 11 heteroatoms. The molecule has 0 atom stereocenters. The highest BCUT2D eigenvalue weighted by Crippen LogP contribution is 2.25. The van der Waals surface area contributed by atoms with Gasteiger partial charge < -0.3 is 10.1 Å². The number of thiazole rings is 1. The highest BCUT2D eigenvalue weighted by molar-refractivity contribution is 8.00. The second-order valence-corrected chi connectivity index (χ2v) is 11.5. The maximum Gasteiger partial charge on any atom is 0.247 e. The van der Waals surface area contributed by atoms with Gasteiger partial charge in [-0.3, -0.25) is 9.58 Å². The van der Waals surface area contributed by atoms with Gasteiger partial charge in [0.15, 0.2) is 5.65 Å². The molecule has 1 aliphatic heterocycles. The van der Waals surface area contributed by atoms with E-state index < -0.39 is 0 Å². The summed E-state index contributed by atoms with van der Waals surface area (Å²) in [7, 11) is 0. The van der Waals surface area contributed by atoms with Crippen LogP contribution in [0.2, 0.25) is 0 Å². The van der Waals surface area contributed by atoms with Crippen molar-refractivity contribution in [1.29, 1.82) is 0 Å². The Morgan fingerprint density at radius 1 is 1.05 bits per heavy atom. The fourth-order valence-corrected chi connectivity index (χ4v) is 6.33. The molecule has 0 saturated carbocycles. The van der Waals surface area contributed by atoms with Crippen molar-refractivity contribution in [2.45, 2.75) is 30.6 Å². The van der Waals surface area contributed by atoms with Crippen LogP contribution in [-0.2, 0) is 6.54 Å². The number of benzene rings is 1. The van der Waals surface area contributed by atoms with Crippen LogP contribution in [0, 0.1) is 6.92 Å². The van der Waals surface area contributed by atoms with E-state index in [0.29, 0.717) is 12.6 Å². The van der Waals surface area contributed by atoms with Crippen LogP contribution in [0.25, 0.3) is 16.9 Å². The number of nitrogens with one attached hydrogen (secondary N) is 1. The number of thioether (sulfide) groups is 1. The van der Waals surface area contributed by atoms with Crippen LogP contribution in [0.5, 0.6) is 5.75 Å². The molecule has 0 spiro atoms. The van der Waals surface area contributed by atoms with Gasteiger partial charge in [-0.15, -0.1) is 16.4 Å². The topological polar surface area (TPSA) is 85.4 Å². The first-order valence-corrected chi connectivity index (χ1v) is 14.7. The van der Waals surface area contributed by atoms with E-state index in [1.54, 1.807) is 23.1 Å². The Bertz CT molecular complexity index is 1490. The number of pyridine rings is 1. The van der Waals surface area contributed by atoms with Gasteiger partial charge >= 0.3 is 0 Å². The molecule has 0 amide bonds. The number of aryl methyl sites for hydroxylation is 2. The van der Waals surface area contributed by atoms with Crippen molar-refractivity contribution in [3.63, 3.8) is 0 Å². The molecule has 9 nitrogen and oxygen atoms in total. The summed E-state index contributed by atoms with van der Waals surface area (Å²) in [5, 5.41) is 14.7. The Kier molecular flexibility index (Phi) is 7.56. The van der Waals surface area contributed by atoms with Crippen molar-refractivity contribution in [2.24, 2.45) is 0 Å². The molecule has 196 valence electrons. The number of anilines is 2. The first-order valence-electron chi connectivity index (χ1n) is 12.9. The average Bonchev–Trinajstić information content (AvgIpc) is 3.73. The fourth-order valence-electron chi connectivity index (χ4n) is 4.48. The predicted molar refractivity (Wildman–Crippen MR) is 153 cm³/mol. The summed E-state index contributed by atoms with van der Waals surface area (Å²) in [5.74, 6) is 2.33. The van der Waals surface area contributed by atoms with E-state index in [1.165, 1.54) is 25.9 Å². The Hall–Kier alpha value is -3.41. The first kappa shape index (κ1) is 24.9. The normalized spacial score (nSPS) is 13.9. The van der Waals surface area contributed by atoms with Crippen molar-refractivity contribution in [3.05, 3.63) is 65.9 Å². The number of rotatable bonds is 11. The summed E-state index contributed by atoms with van der Waals surface area (Å²) < 4.78 is 10.8. The zero-order valence-corrected chi connectivity index (χ0v) is 22.9. The monoisotopic (exact) mass is 546 g/mol. The summed E-state index contributed by atoms with van der Waals surface area (Å²) in [5.41, 5.74) is 4.70. The maximum absolute atomic E-state index is 5.92. The predicted octanol–water partition coefficient (Wildman–Crippen LogP) is 5.37. The van der Waals surface area contributed by atoms with E-state index in [2.05, 4.69) is 36.9 Å². The quantitative estimate of drug-likeness (QED) is 0.221. The summed E-state index contributed by atoms with van der Waals surface area (Å²) in [6.07, 6.45) is 6.54.